The number of carbonyl (C=O) groups excluding carboxylic acids is 4. The van der Waals surface area contributed by atoms with Gasteiger partial charge in [-0.3, -0.25) is 34.1 Å². The summed E-state index contributed by atoms with van der Waals surface area (Å²) in [5, 5.41) is 6.75. The second kappa shape index (κ2) is 17.5. The van der Waals surface area contributed by atoms with E-state index >= 15 is 0 Å². The van der Waals surface area contributed by atoms with E-state index in [0.29, 0.717) is 64.1 Å². The Balaban J connectivity index is 1.04. The molecule has 1 saturated heterocycles. The highest BCUT2D eigenvalue weighted by molar-refractivity contribution is 7.97. The van der Waals surface area contributed by atoms with Crippen LogP contribution in [0.4, 0.5) is 11.4 Å². The highest BCUT2D eigenvalue weighted by Gasteiger charge is 2.45. The number of nitrogen functional groups attached to an aromatic ring is 1. The van der Waals surface area contributed by atoms with E-state index in [9.17, 15) is 19.2 Å². The van der Waals surface area contributed by atoms with Gasteiger partial charge in [0.1, 0.15) is 6.04 Å². The smallest absolute Gasteiger partial charge is 0.264 e. The van der Waals surface area contributed by atoms with E-state index in [2.05, 4.69) is 15.4 Å². The molecule has 46 heavy (non-hydrogen) atoms. The number of rotatable bonds is 19. The predicted molar refractivity (Wildman–Crippen MR) is 172 cm³/mol. The van der Waals surface area contributed by atoms with E-state index < -0.39 is 29.7 Å². The van der Waals surface area contributed by atoms with Crippen molar-refractivity contribution in [2.75, 3.05) is 70.3 Å². The predicted octanol–water partition coefficient (Wildman–Crippen LogP) is 0.404. The molecule has 0 radical (unpaired) electrons. The van der Waals surface area contributed by atoms with Crippen molar-refractivity contribution >= 4 is 47.0 Å². The number of piperidine rings is 1. The van der Waals surface area contributed by atoms with Gasteiger partial charge in [-0.15, -0.1) is 0 Å². The van der Waals surface area contributed by atoms with Crippen LogP contribution in [0, 0.1) is 0 Å². The van der Waals surface area contributed by atoms with Crippen molar-refractivity contribution in [2.45, 2.75) is 23.8 Å². The standard InChI is InChI=1S/C30H40N8O7S/c31-20-4-6-22(7-5-20)46-35-11-14-45-19-21(32)18-37(33)12-15-44-17-16-43-13-10-34-24-3-1-2-23-27(24)30(42)38(29(23)41)25-8-9-26(39)36-28(25)40/h1-7,18,25,34-35H,8-17,19,31-33H2,(H,36,39,40)/b21-18-. The molecule has 2 aliphatic rings. The molecule has 0 saturated carbocycles. The van der Waals surface area contributed by atoms with Crippen LogP contribution in [-0.2, 0) is 23.8 Å². The number of hydrazine groups is 1. The first-order valence-corrected chi connectivity index (χ1v) is 15.6. The summed E-state index contributed by atoms with van der Waals surface area (Å²) in [4.78, 5) is 51.9. The summed E-state index contributed by atoms with van der Waals surface area (Å²) in [5.41, 5.74) is 13.8. The van der Waals surface area contributed by atoms with E-state index in [-0.39, 0.29) is 30.6 Å². The summed E-state index contributed by atoms with van der Waals surface area (Å²) in [7, 11) is 0. The van der Waals surface area contributed by atoms with Gasteiger partial charge < -0.3 is 36.0 Å². The van der Waals surface area contributed by atoms with Crippen molar-refractivity contribution in [2.24, 2.45) is 11.6 Å². The fourth-order valence-electron chi connectivity index (χ4n) is 4.70. The molecule has 9 N–H and O–H groups in total. The van der Waals surface area contributed by atoms with Crippen LogP contribution >= 0.6 is 11.9 Å². The van der Waals surface area contributed by atoms with Gasteiger partial charge in [-0.2, -0.15) is 0 Å². The topological polar surface area (TPSA) is 217 Å². The minimum atomic E-state index is -1.01. The summed E-state index contributed by atoms with van der Waals surface area (Å²) in [6.07, 6.45) is 1.77. The van der Waals surface area contributed by atoms with Crippen molar-refractivity contribution < 1.29 is 33.4 Å². The Morgan fingerprint density at radius 1 is 0.978 bits per heavy atom. The first-order chi connectivity index (χ1) is 22.2. The molecule has 248 valence electrons. The van der Waals surface area contributed by atoms with Crippen LogP contribution < -0.4 is 32.7 Å². The van der Waals surface area contributed by atoms with Crippen LogP contribution in [0.3, 0.4) is 0 Å². The normalized spacial score (nSPS) is 16.5. The number of hydrogen-bond donors (Lipinski definition) is 6. The van der Waals surface area contributed by atoms with Gasteiger partial charge in [0, 0.05) is 42.0 Å². The third-order valence-corrected chi connectivity index (χ3v) is 7.77. The maximum Gasteiger partial charge on any atom is 0.264 e. The van der Waals surface area contributed by atoms with Gasteiger partial charge in [0.25, 0.3) is 11.8 Å². The van der Waals surface area contributed by atoms with Crippen molar-refractivity contribution in [1.82, 2.24) is 19.9 Å². The average Bonchev–Trinajstić information content (AvgIpc) is 3.28. The number of hydrogen-bond acceptors (Lipinski definition) is 14. The molecular weight excluding hydrogens is 616 g/mol. The Morgan fingerprint density at radius 3 is 2.48 bits per heavy atom. The van der Waals surface area contributed by atoms with Gasteiger partial charge in [-0.1, -0.05) is 6.07 Å². The third kappa shape index (κ3) is 9.90. The second-order valence-electron chi connectivity index (χ2n) is 10.4. The highest BCUT2D eigenvalue weighted by atomic mass is 32.2. The monoisotopic (exact) mass is 656 g/mol. The van der Waals surface area contributed by atoms with Gasteiger partial charge in [-0.05, 0) is 54.8 Å². The van der Waals surface area contributed by atoms with Crippen LogP contribution in [0.2, 0.25) is 0 Å². The fourth-order valence-corrected chi connectivity index (χ4v) is 5.33. The summed E-state index contributed by atoms with van der Waals surface area (Å²) in [5.74, 6) is 3.77. The quantitative estimate of drug-likeness (QED) is 0.0302. The number of nitrogens with one attached hydrogen (secondary N) is 3. The second-order valence-corrected chi connectivity index (χ2v) is 11.4. The van der Waals surface area contributed by atoms with E-state index in [1.807, 2.05) is 24.3 Å². The average molecular weight is 657 g/mol. The zero-order valence-electron chi connectivity index (χ0n) is 25.4. The minimum Gasteiger partial charge on any atom is -0.399 e. The number of benzene rings is 2. The minimum absolute atomic E-state index is 0.0629. The van der Waals surface area contributed by atoms with E-state index in [1.54, 1.807) is 24.4 Å². The number of ether oxygens (including phenoxy) is 3. The van der Waals surface area contributed by atoms with Crippen molar-refractivity contribution in [3.05, 3.63) is 65.5 Å². The van der Waals surface area contributed by atoms with Crippen molar-refractivity contribution in [3.63, 3.8) is 0 Å². The number of carbonyl (C=O) groups is 4. The molecule has 4 rings (SSSR count). The molecule has 0 spiro atoms. The largest absolute Gasteiger partial charge is 0.399 e. The Kier molecular flexibility index (Phi) is 13.2. The summed E-state index contributed by atoms with van der Waals surface area (Å²) >= 11 is 1.50. The maximum absolute atomic E-state index is 13.1. The van der Waals surface area contributed by atoms with Crippen molar-refractivity contribution in [3.8, 4) is 0 Å². The first-order valence-electron chi connectivity index (χ1n) is 14.8. The number of anilines is 2. The fraction of sp³-hybridized carbons (Fsp3) is 0.400. The zero-order valence-corrected chi connectivity index (χ0v) is 26.2. The number of nitrogens with zero attached hydrogens (tertiary/aromatic N) is 2. The molecule has 16 heteroatoms. The lowest BCUT2D eigenvalue weighted by Crippen LogP contribution is -2.54. The van der Waals surface area contributed by atoms with Crippen molar-refractivity contribution in [1.29, 1.82) is 0 Å². The molecule has 2 aromatic carbocycles. The molecule has 0 aliphatic carbocycles. The number of nitrogens with two attached hydrogens (primary N) is 3. The molecule has 15 nitrogen and oxygen atoms in total. The Morgan fingerprint density at radius 2 is 1.72 bits per heavy atom. The van der Waals surface area contributed by atoms with Gasteiger partial charge in [0.15, 0.2) is 0 Å². The van der Waals surface area contributed by atoms with Gasteiger partial charge >= 0.3 is 0 Å². The van der Waals surface area contributed by atoms with E-state index in [4.69, 9.17) is 31.5 Å². The first kappa shape index (κ1) is 34.7. The molecule has 1 fully saturated rings. The Hall–Kier alpha value is -4.19. The molecule has 2 aromatic rings. The lowest BCUT2D eigenvalue weighted by molar-refractivity contribution is -0.136. The molecule has 2 heterocycles. The SMILES string of the molecule is N/C(=C\N(N)CCOCCOCCNc1cccc2c1C(=O)N(C1CCC(=O)NC1=O)C2=O)COCCNSc1ccc(N)cc1. The highest BCUT2D eigenvalue weighted by Crippen LogP contribution is 2.32. The third-order valence-electron chi connectivity index (χ3n) is 6.91. The lowest BCUT2D eigenvalue weighted by Gasteiger charge is -2.27. The van der Waals surface area contributed by atoms with Crippen LogP contribution in [0.15, 0.2) is 59.3 Å². The van der Waals surface area contributed by atoms with Crippen LogP contribution in [0.1, 0.15) is 33.6 Å². The Bertz CT molecular complexity index is 1410. The van der Waals surface area contributed by atoms with Crippen LogP contribution in [0.25, 0.3) is 0 Å². The van der Waals surface area contributed by atoms with E-state index in [0.717, 1.165) is 15.5 Å². The number of amides is 4. The lowest BCUT2D eigenvalue weighted by atomic mass is 10.0. The molecule has 0 bridgehead atoms. The van der Waals surface area contributed by atoms with Gasteiger partial charge in [-0.25, -0.2) is 5.84 Å². The Labute approximate surface area is 271 Å². The molecule has 2 aliphatic heterocycles. The molecule has 1 unspecified atom stereocenters. The molecule has 0 aromatic heterocycles. The maximum atomic E-state index is 13.1. The van der Waals surface area contributed by atoms with Gasteiger partial charge in [0.2, 0.25) is 11.8 Å². The number of fused-ring (bicyclic) bond motifs is 1. The molecular formula is C30H40N8O7S. The summed E-state index contributed by atoms with van der Waals surface area (Å²) in [6.45, 7) is 3.55. The van der Waals surface area contributed by atoms with Crippen LogP contribution in [0.5, 0.6) is 0 Å². The molecule has 1 atom stereocenters. The van der Waals surface area contributed by atoms with E-state index in [1.165, 1.54) is 17.0 Å². The zero-order chi connectivity index (χ0) is 32.9. The summed E-state index contributed by atoms with van der Waals surface area (Å²) < 4.78 is 19.9. The summed E-state index contributed by atoms with van der Waals surface area (Å²) in [6, 6.07) is 11.5. The molecule has 4 amide bonds. The number of imide groups is 2. The van der Waals surface area contributed by atoms with Gasteiger partial charge in [0.05, 0.1) is 63.0 Å². The van der Waals surface area contributed by atoms with Crippen LogP contribution in [-0.4, -0.2) is 98.9 Å².